The first-order valence-electron chi connectivity index (χ1n) is 7.35. The van der Waals surface area contributed by atoms with Gasteiger partial charge >= 0.3 is 0 Å². The van der Waals surface area contributed by atoms with Gasteiger partial charge in [0.25, 0.3) is 5.89 Å². The fourth-order valence-corrected chi connectivity index (χ4v) is 2.88. The third-order valence-corrected chi connectivity index (χ3v) is 4.65. The number of rotatable bonds is 6. The van der Waals surface area contributed by atoms with E-state index in [9.17, 15) is 0 Å². The maximum absolute atomic E-state index is 5.81. The van der Waals surface area contributed by atoms with Crippen LogP contribution in [-0.4, -0.2) is 28.7 Å². The van der Waals surface area contributed by atoms with Crippen LogP contribution >= 0.6 is 11.3 Å². The van der Waals surface area contributed by atoms with Crippen LogP contribution in [0, 0.1) is 0 Å². The first-order chi connectivity index (χ1) is 10.7. The van der Waals surface area contributed by atoms with Crippen molar-refractivity contribution in [2.24, 2.45) is 0 Å². The monoisotopic (exact) mass is 313 g/mol. The van der Waals surface area contributed by atoms with Gasteiger partial charge in [0, 0.05) is 6.54 Å². The van der Waals surface area contributed by atoms with E-state index in [1.807, 2.05) is 23.6 Å². The maximum atomic E-state index is 5.81. The quantitative estimate of drug-likeness (QED) is 0.689. The summed E-state index contributed by atoms with van der Waals surface area (Å²) in [7, 11) is 2.09. The molecule has 0 aliphatic rings. The highest BCUT2D eigenvalue weighted by Gasteiger charge is 2.19. The Hall–Kier alpha value is -1.98. The van der Waals surface area contributed by atoms with E-state index in [1.165, 1.54) is 5.56 Å². The van der Waals surface area contributed by atoms with E-state index in [1.54, 1.807) is 11.3 Å². The van der Waals surface area contributed by atoms with Gasteiger partial charge < -0.3 is 4.42 Å². The number of likely N-dealkylation sites (N-methyl/N-ethyl adjacent to an activating group) is 1. The van der Waals surface area contributed by atoms with Crippen molar-refractivity contribution in [3.8, 4) is 10.8 Å². The molecule has 5 heteroatoms. The van der Waals surface area contributed by atoms with Gasteiger partial charge in [-0.05, 0) is 37.4 Å². The predicted molar refractivity (Wildman–Crippen MR) is 88.8 cm³/mol. The molecule has 3 rings (SSSR count). The molecule has 0 spiro atoms. The van der Waals surface area contributed by atoms with Crippen LogP contribution < -0.4 is 0 Å². The van der Waals surface area contributed by atoms with E-state index < -0.39 is 0 Å². The van der Waals surface area contributed by atoms with Gasteiger partial charge in [-0.25, -0.2) is 0 Å². The molecule has 3 aromatic rings. The Morgan fingerprint density at radius 2 is 1.95 bits per heavy atom. The van der Waals surface area contributed by atoms with Crippen molar-refractivity contribution in [1.29, 1.82) is 0 Å². The largest absolute Gasteiger partial charge is 0.418 e. The van der Waals surface area contributed by atoms with Gasteiger partial charge in [-0.3, -0.25) is 4.90 Å². The number of benzene rings is 1. The molecule has 114 valence electrons. The lowest BCUT2D eigenvalue weighted by Crippen LogP contribution is -2.25. The molecular weight excluding hydrogens is 294 g/mol. The molecule has 0 saturated carbocycles. The average Bonchev–Trinajstić information content (AvgIpc) is 3.23. The molecule has 1 aromatic carbocycles. The summed E-state index contributed by atoms with van der Waals surface area (Å²) in [6.07, 6.45) is 1.01. The smallest absolute Gasteiger partial charge is 0.257 e. The summed E-state index contributed by atoms with van der Waals surface area (Å²) in [5.41, 5.74) is 1.34. The third kappa shape index (κ3) is 3.43. The average molecular weight is 313 g/mol. The minimum absolute atomic E-state index is 0.102. The van der Waals surface area contributed by atoms with Crippen molar-refractivity contribution in [2.45, 2.75) is 19.4 Å². The first-order valence-corrected chi connectivity index (χ1v) is 8.23. The SMILES string of the molecule is CC(c1nnc(-c2cccs2)o1)N(C)CCc1ccccc1. The van der Waals surface area contributed by atoms with E-state index >= 15 is 0 Å². The van der Waals surface area contributed by atoms with Gasteiger partial charge in [0.2, 0.25) is 5.89 Å². The van der Waals surface area contributed by atoms with Crippen LogP contribution in [0.25, 0.3) is 10.8 Å². The van der Waals surface area contributed by atoms with Gasteiger partial charge in [-0.1, -0.05) is 36.4 Å². The summed E-state index contributed by atoms with van der Waals surface area (Å²) in [6, 6.07) is 14.6. The van der Waals surface area contributed by atoms with Crippen LogP contribution in [0.4, 0.5) is 0 Å². The Morgan fingerprint density at radius 1 is 1.14 bits per heavy atom. The lowest BCUT2D eigenvalue weighted by molar-refractivity contribution is 0.228. The van der Waals surface area contributed by atoms with Crippen molar-refractivity contribution in [3.63, 3.8) is 0 Å². The summed E-state index contributed by atoms with van der Waals surface area (Å²) in [4.78, 5) is 3.25. The van der Waals surface area contributed by atoms with Gasteiger partial charge in [-0.2, -0.15) is 0 Å². The molecule has 0 radical (unpaired) electrons. The third-order valence-electron chi connectivity index (χ3n) is 3.79. The molecule has 0 bridgehead atoms. The van der Waals surface area contributed by atoms with Gasteiger partial charge in [-0.15, -0.1) is 21.5 Å². The fraction of sp³-hybridized carbons (Fsp3) is 0.294. The van der Waals surface area contributed by atoms with Gasteiger partial charge in [0.05, 0.1) is 10.9 Å². The zero-order chi connectivity index (χ0) is 15.4. The van der Waals surface area contributed by atoms with E-state index in [0.717, 1.165) is 17.8 Å². The molecule has 22 heavy (non-hydrogen) atoms. The molecule has 2 heterocycles. The molecule has 0 aliphatic carbocycles. The van der Waals surface area contributed by atoms with Crippen LogP contribution in [0.15, 0.2) is 52.3 Å². The van der Waals surface area contributed by atoms with Crippen molar-refractivity contribution in [3.05, 3.63) is 59.3 Å². The molecule has 0 saturated heterocycles. The number of thiophene rings is 1. The van der Waals surface area contributed by atoms with Gasteiger partial charge in [0.15, 0.2) is 0 Å². The Morgan fingerprint density at radius 3 is 2.68 bits per heavy atom. The fourth-order valence-electron chi connectivity index (χ4n) is 2.24. The van der Waals surface area contributed by atoms with Crippen LogP contribution in [0.3, 0.4) is 0 Å². The highest BCUT2D eigenvalue weighted by atomic mass is 32.1. The molecular formula is C17H19N3OS. The molecule has 4 nitrogen and oxygen atoms in total. The number of hydrogen-bond donors (Lipinski definition) is 0. The Bertz CT molecular complexity index is 694. The zero-order valence-electron chi connectivity index (χ0n) is 12.8. The summed E-state index contributed by atoms with van der Waals surface area (Å²) in [5.74, 6) is 1.27. The molecule has 2 aromatic heterocycles. The van der Waals surface area contributed by atoms with E-state index in [2.05, 4.69) is 53.3 Å². The summed E-state index contributed by atoms with van der Waals surface area (Å²) in [5, 5.41) is 10.4. The van der Waals surface area contributed by atoms with Crippen LogP contribution in [0.1, 0.15) is 24.4 Å². The second kappa shape index (κ2) is 6.85. The van der Waals surface area contributed by atoms with Crippen LogP contribution in [0.5, 0.6) is 0 Å². The van der Waals surface area contributed by atoms with Crippen molar-refractivity contribution in [1.82, 2.24) is 15.1 Å². The maximum Gasteiger partial charge on any atom is 0.257 e. The highest BCUT2D eigenvalue weighted by Crippen LogP contribution is 2.26. The lowest BCUT2D eigenvalue weighted by Gasteiger charge is -2.21. The molecule has 1 unspecified atom stereocenters. The van der Waals surface area contributed by atoms with Gasteiger partial charge in [0.1, 0.15) is 0 Å². The Kier molecular flexibility index (Phi) is 4.65. The zero-order valence-corrected chi connectivity index (χ0v) is 13.6. The lowest BCUT2D eigenvalue weighted by atomic mass is 10.1. The molecule has 1 atom stereocenters. The van der Waals surface area contributed by atoms with Crippen molar-refractivity contribution < 1.29 is 4.42 Å². The molecule has 0 aliphatic heterocycles. The molecule has 0 amide bonds. The Balaban J connectivity index is 1.62. The van der Waals surface area contributed by atoms with Crippen molar-refractivity contribution >= 4 is 11.3 Å². The topological polar surface area (TPSA) is 42.2 Å². The minimum atomic E-state index is 0.102. The Labute approximate surface area is 134 Å². The minimum Gasteiger partial charge on any atom is -0.418 e. The van der Waals surface area contributed by atoms with E-state index in [-0.39, 0.29) is 6.04 Å². The van der Waals surface area contributed by atoms with Crippen LogP contribution in [0.2, 0.25) is 0 Å². The summed E-state index contributed by atoms with van der Waals surface area (Å²) in [6.45, 7) is 3.04. The second-order valence-corrected chi connectivity index (χ2v) is 6.26. The summed E-state index contributed by atoms with van der Waals surface area (Å²) >= 11 is 1.61. The normalized spacial score (nSPS) is 12.7. The van der Waals surface area contributed by atoms with E-state index in [0.29, 0.717) is 11.8 Å². The number of nitrogens with zero attached hydrogens (tertiary/aromatic N) is 3. The first kappa shape index (κ1) is 14.9. The predicted octanol–water partition coefficient (Wildman–Crippen LogP) is 4.03. The summed E-state index contributed by atoms with van der Waals surface area (Å²) < 4.78 is 5.81. The van der Waals surface area contributed by atoms with E-state index in [4.69, 9.17) is 4.42 Å². The van der Waals surface area contributed by atoms with Crippen molar-refractivity contribution in [2.75, 3.05) is 13.6 Å². The number of hydrogen-bond acceptors (Lipinski definition) is 5. The second-order valence-electron chi connectivity index (χ2n) is 5.31. The standard InChI is InChI=1S/C17H19N3OS/c1-13(20(2)11-10-14-7-4-3-5-8-14)16-18-19-17(21-16)15-9-6-12-22-15/h3-9,12-13H,10-11H2,1-2H3. The number of aromatic nitrogens is 2. The van der Waals surface area contributed by atoms with Crippen LogP contribution in [-0.2, 0) is 6.42 Å². The molecule has 0 N–H and O–H groups in total. The highest BCUT2D eigenvalue weighted by molar-refractivity contribution is 7.13. The molecule has 0 fully saturated rings.